The van der Waals surface area contributed by atoms with Gasteiger partial charge in [-0.2, -0.15) is 0 Å². The Balaban J connectivity index is 1.99. The molecule has 1 aromatic carbocycles. The van der Waals surface area contributed by atoms with Crippen LogP contribution in [0.3, 0.4) is 0 Å². The number of hydrogen-bond donors (Lipinski definition) is 0. The number of ether oxygens (including phenoxy) is 1. The second kappa shape index (κ2) is 8.42. The summed E-state index contributed by atoms with van der Waals surface area (Å²) in [5.41, 5.74) is 2.39. The van der Waals surface area contributed by atoms with E-state index in [1.165, 1.54) is 31.4 Å². The van der Waals surface area contributed by atoms with Gasteiger partial charge in [-0.3, -0.25) is 9.59 Å². The number of hydrogen-bond acceptors (Lipinski definition) is 4. The highest BCUT2D eigenvalue weighted by Crippen LogP contribution is 2.33. The molecule has 2 aromatic rings. The lowest BCUT2D eigenvalue weighted by atomic mass is 9.99. The average Bonchev–Trinajstić information content (AvgIpc) is 3.52. The molecule has 1 aromatic heterocycles. The van der Waals surface area contributed by atoms with E-state index in [-0.39, 0.29) is 17.7 Å². The standard InChI is InChI=1S/C23H27FN2O4/c1-6-25-14(3)19(13(2)20(25)23(29)30-5)21(27)15(4)26(18-11-12-18)22(28)16-7-9-17(24)10-8-16/h7-10,15,18H,6,11-12H2,1-5H3/t15-/m1/s1. The zero-order valence-electron chi connectivity index (χ0n) is 18.0. The molecule has 1 heterocycles. The third-order valence-corrected chi connectivity index (χ3v) is 5.77. The molecule has 1 aliphatic carbocycles. The molecule has 1 amide bonds. The van der Waals surface area contributed by atoms with Gasteiger partial charge in [0.1, 0.15) is 11.5 Å². The van der Waals surface area contributed by atoms with Crippen LogP contribution in [0.5, 0.6) is 0 Å². The van der Waals surface area contributed by atoms with Crippen molar-refractivity contribution in [1.82, 2.24) is 9.47 Å². The first-order valence-electron chi connectivity index (χ1n) is 10.1. The predicted molar refractivity (Wildman–Crippen MR) is 110 cm³/mol. The van der Waals surface area contributed by atoms with Gasteiger partial charge in [0, 0.05) is 29.4 Å². The summed E-state index contributed by atoms with van der Waals surface area (Å²) < 4.78 is 19.9. The Kier molecular flexibility index (Phi) is 6.10. The summed E-state index contributed by atoms with van der Waals surface area (Å²) >= 11 is 0. The van der Waals surface area contributed by atoms with Gasteiger partial charge < -0.3 is 14.2 Å². The minimum atomic E-state index is -0.717. The Morgan fingerprint density at radius 3 is 2.30 bits per heavy atom. The fraction of sp³-hybridized carbons (Fsp3) is 0.435. The first-order chi connectivity index (χ1) is 14.2. The number of Topliss-reactive ketones (excluding diaryl/α,β-unsaturated/α-hetero) is 1. The van der Waals surface area contributed by atoms with E-state index < -0.39 is 17.8 Å². The molecule has 0 N–H and O–H groups in total. The number of carbonyl (C=O) groups excluding carboxylic acids is 3. The third kappa shape index (κ3) is 3.76. The van der Waals surface area contributed by atoms with E-state index in [1.807, 2.05) is 6.92 Å². The van der Waals surface area contributed by atoms with E-state index in [4.69, 9.17) is 4.74 Å². The summed E-state index contributed by atoms with van der Waals surface area (Å²) in [5.74, 6) is -1.43. The largest absolute Gasteiger partial charge is 0.464 e. The van der Waals surface area contributed by atoms with Crippen molar-refractivity contribution < 1.29 is 23.5 Å². The highest BCUT2D eigenvalue weighted by atomic mass is 19.1. The lowest BCUT2D eigenvalue weighted by molar-refractivity contribution is 0.0586. The molecular formula is C23H27FN2O4. The molecule has 0 bridgehead atoms. The summed E-state index contributed by atoms with van der Waals surface area (Å²) in [4.78, 5) is 40.6. The molecule has 1 saturated carbocycles. The molecule has 0 spiro atoms. The number of aromatic nitrogens is 1. The number of nitrogens with zero attached hydrogens (tertiary/aromatic N) is 2. The van der Waals surface area contributed by atoms with Crippen molar-refractivity contribution in [2.45, 2.75) is 59.2 Å². The van der Waals surface area contributed by atoms with E-state index >= 15 is 0 Å². The van der Waals surface area contributed by atoms with E-state index in [9.17, 15) is 18.8 Å². The Morgan fingerprint density at radius 2 is 1.80 bits per heavy atom. The van der Waals surface area contributed by atoms with Crippen LogP contribution in [0.1, 0.15) is 69.2 Å². The van der Waals surface area contributed by atoms with Crippen LogP contribution in [0.15, 0.2) is 24.3 Å². The van der Waals surface area contributed by atoms with Crippen molar-refractivity contribution in [1.29, 1.82) is 0 Å². The zero-order valence-corrected chi connectivity index (χ0v) is 18.0. The number of benzene rings is 1. The van der Waals surface area contributed by atoms with Gasteiger partial charge in [0.15, 0.2) is 5.78 Å². The summed E-state index contributed by atoms with van der Waals surface area (Å²) in [5, 5.41) is 0. The fourth-order valence-electron chi connectivity index (χ4n) is 4.10. The van der Waals surface area contributed by atoms with Gasteiger partial charge in [0.25, 0.3) is 5.91 Å². The van der Waals surface area contributed by atoms with E-state index in [0.717, 1.165) is 12.8 Å². The Morgan fingerprint density at radius 1 is 1.20 bits per heavy atom. The number of methoxy groups -OCH3 is 1. The SMILES string of the molecule is CCn1c(C)c(C(=O)[C@@H](C)N(C(=O)c2ccc(F)cc2)C2CC2)c(C)c1C(=O)OC. The van der Waals surface area contributed by atoms with Crippen LogP contribution in [0, 0.1) is 19.7 Å². The van der Waals surface area contributed by atoms with Crippen molar-refractivity contribution in [2.75, 3.05) is 7.11 Å². The molecule has 30 heavy (non-hydrogen) atoms. The van der Waals surface area contributed by atoms with Crippen LogP contribution in [-0.2, 0) is 11.3 Å². The van der Waals surface area contributed by atoms with Gasteiger partial charge in [-0.15, -0.1) is 0 Å². The molecule has 1 fully saturated rings. The maximum Gasteiger partial charge on any atom is 0.354 e. The number of halogens is 1. The number of ketones is 1. The molecule has 1 atom stereocenters. The average molecular weight is 414 g/mol. The zero-order chi connectivity index (χ0) is 22.2. The maximum absolute atomic E-state index is 13.5. The maximum atomic E-state index is 13.5. The van der Waals surface area contributed by atoms with Gasteiger partial charge in [-0.1, -0.05) is 0 Å². The first-order valence-corrected chi connectivity index (χ1v) is 10.1. The fourth-order valence-corrected chi connectivity index (χ4v) is 4.10. The summed E-state index contributed by atoms with van der Waals surface area (Å²) in [6.07, 6.45) is 1.65. The van der Waals surface area contributed by atoms with Crippen LogP contribution < -0.4 is 0 Å². The molecule has 0 saturated heterocycles. The Labute approximate surface area is 175 Å². The van der Waals surface area contributed by atoms with E-state index in [2.05, 4.69) is 0 Å². The summed E-state index contributed by atoms with van der Waals surface area (Å²) in [6, 6.07) is 4.61. The van der Waals surface area contributed by atoms with E-state index in [1.54, 1.807) is 30.2 Å². The minimum Gasteiger partial charge on any atom is -0.464 e. The van der Waals surface area contributed by atoms with Crippen LogP contribution in [0.25, 0.3) is 0 Å². The van der Waals surface area contributed by atoms with Crippen LogP contribution >= 0.6 is 0 Å². The second-order valence-corrected chi connectivity index (χ2v) is 7.66. The van der Waals surface area contributed by atoms with Gasteiger partial charge in [-0.05, 0) is 70.4 Å². The predicted octanol–water partition coefficient (Wildman–Crippen LogP) is 3.93. The molecule has 3 rings (SSSR count). The monoisotopic (exact) mass is 414 g/mol. The van der Waals surface area contributed by atoms with Gasteiger partial charge in [0.05, 0.1) is 13.2 Å². The molecule has 0 aliphatic heterocycles. The molecule has 0 radical (unpaired) electrons. The highest BCUT2D eigenvalue weighted by Gasteiger charge is 2.40. The topological polar surface area (TPSA) is 68.6 Å². The van der Waals surface area contributed by atoms with Crippen molar-refractivity contribution >= 4 is 17.7 Å². The molecule has 6 nitrogen and oxygen atoms in total. The van der Waals surface area contributed by atoms with Crippen molar-refractivity contribution in [3.63, 3.8) is 0 Å². The summed E-state index contributed by atoms with van der Waals surface area (Å²) in [6.45, 7) is 7.65. The number of carbonyl (C=O) groups is 3. The second-order valence-electron chi connectivity index (χ2n) is 7.66. The van der Waals surface area contributed by atoms with Gasteiger partial charge in [-0.25, -0.2) is 9.18 Å². The van der Waals surface area contributed by atoms with E-state index in [0.29, 0.717) is 34.6 Å². The van der Waals surface area contributed by atoms with Gasteiger partial charge >= 0.3 is 5.97 Å². The molecule has 160 valence electrons. The van der Waals surface area contributed by atoms with Crippen molar-refractivity contribution in [3.05, 3.63) is 58.2 Å². The lowest BCUT2D eigenvalue weighted by Crippen LogP contribution is -2.45. The third-order valence-electron chi connectivity index (χ3n) is 5.77. The molecule has 7 heteroatoms. The molecular weight excluding hydrogens is 387 g/mol. The lowest BCUT2D eigenvalue weighted by Gasteiger charge is -2.29. The van der Waals surface area contributed by atoms with Gasteiger partial charge in [0.2, 0.25) is 0 Å². The minimum absolute atomic E-state index is 0.0181. The van der Waals surface area contributed by atoms with Crippen LogP contribution in [-0.4, -0.2) is 46.3 Å². The smallest absolute Gasteiger partial charge is 0.354 e. The van der Waals surface area contributed by atoms with Crippen LogP contribution in [0.4, 0.5) is 4.39 Å². The summed E-state index contributed by atoms with van der Waals surface area (Å²) in [7, 11) is 1.31. The number of rotatable bonds is 7. The Bertz CT molecular complexity index is 990. The highest BCUT2D eigenvalue weighted by molar-refractivity contribution is 6.07. The first kappa shape index (κ1) is 21.7. The number of amides is 1. The van der Waals surface area contributed by atoms with Crippen molar-refractivity contribution in [2.24, 2.45) is 0 Å². The molecule has 0 unspecified atom stereocenters. The number of esters is 1. The quantitative estimate of drug-likeness (QED) is 0.509. The van der Waals surface area contributed by atoms with Crippen molar-refractivity contribution in [3.8, 4) is 0 Å². The Hall–Kier alpha value is -2.96. The normalized spacial score (nSPS) is 14.3. The van der Waals surface area contributed by atoms with Crippen LogP contribution in [0.2, 0.25) is 0 Å². The molecule has 1 aliphatic rings.